The predicted molar refractivity (Wildman–Crippen MR) is 56.0 cm³/mol. The van der Waals surface area contributed by atoms with E-state index in [0.717, 1.165) is 12.2 Å². The molecule has 0 aromatic rings. The Bertz CT molecular complexity index is 234. The molecule has 0 radical (unpaired) electrons. The standard InChI is InChI=1S/C10H17F2NS/c1-7-8(3-4-14-7)13-6-9(2)5-10(9,11)12/h7-8,13H,3-6H2,1-2H3. The van der Waals surface area contributed by atoms with Crippen molar-refractivity contribution in [2.75, 3.05) is 12.3 Å². The van der Waals surface area contributed by atoms with Crippen molar-refractivity contribution >= 4 is 11.8 Å². The molecule has 1 N–H and O–H groups in total. The molecule has 1 aliphatic heterocycles. The average Bonchev–Trinajstić information content (AvgIpc) is 2.44. The Morgan fingerprint density at radius 3 is 2.57 bits per heavy atom. The Morgan fingerprint density at radius 1 is 1.50 bits per heavy atom. The number of nitrogens with one attached hydrogen (secondary N) is 1. The van der Waals surface area contributed by atoms with Crippen molar-refractivity contribution in [2.24, 2.45) is 5.41 Å². The molecule has 0 amide bonds. The fourth-order valence-corrected chi connectivity index (χ4v) is 3.22. The van der Waals surface area contributed by atoms with Crippen molar-refractivity contribution in [3.05, 3.63) is 0 Å². The van der Waals surface area contributed by atoms with E-state index in [1.54, 1.807) is 6.92 Å². The van der Waals surface area contributed by atoms with E-state index in [0.29, 0.717) is 17.8 Å². The second kappa shape index (κ2) is 3.34. The van der Waals surface area contributed by atoms with Gasteiger partial charge in [0.15, 0.2) is 0 Å². The quantitative estimate of drug-likeness (QED) is 0.786. The third-order valence-electron chi connectivity index (χ3n) is 3.50. The number of alkyl halides is 2. The molecule has 0 bridgehead atoms. The van der Waals surface area contributed by atoms with Crippen LogP contribution in [-0.2, 0) is 0 Å². The molecule has 1 heterocycles. The van der Waals surface area contributed by atoms with Gasteiger partial charge in [0.25, 0.3) is 5.92 Å². The van der Waals surface area contributed by atoms with Crippen molar-refractivity contribution in [1.29, 1.82) is 0 Å². The maximum Gasteiger partial charge on any atom is 0.255 e. The predicted octanol–water partition coefficient (Wildman–Crippen LogP) is 2.52. The summed E-state index contributed by atoms with van der Waals surface area (Å²) >= 11 is 1.93. The zero-order chi connectivity index (χ0) is 10.4. The molecule has 1 nitrogen and oxygen atoms in total. The molecule has 14 heavy (non-hydrogen) atoms. The van der Waals surface area contributed by atoms with Crippen molar-refractivity contribution in [2.45, 2.75) is 43.9 Å². The molecule has 1 saturated carbocycles. The van der Waals surface area contributed by atoms with Gasteiger partial charge < -0.3 is 5.32 Å². The number of halogens is 2. The summed E-state index contributed by atoms with van der Waals surface area (Å²) < 4.78 is 25.8. The summed E-state index contributed by atoms with van der Waals surface area (Å²) in [5.74, 6) is -1.26. The summed E-state index contributed by atoms with van der Waals surface area (Å²) in [6.07, 6.45) is 1.18. The van der Waals surface area contributed by atoms with Gasteiger partial charge in [-0.3, -0.25) is 0 Å². The Labute approximate surface area is 88.0 Å². The lowest BCUT2D eigenvalue weighted by Gasteiger charge is -2.19. The minimum absolute atomic E-state index is 0.0568. The van der Waals surface area contributed by atoms with Gasteiger partial charge in [0.1, 0.15) is 0 Å². The zero-order valence-corrected chi connectivity index (χ0v) is 9.46. The highest BCUT2D eigenvalue weighted by molar-refractivity contribution is 8.00. The van der Waals surface area contributed by atoms with Crippen molar-refractivity contribution < 1.29 is 8.78 Å². The van der Waals surface area contributed by atoms with Crippen molar-refractivity contribution in [3.8, 4) is 0 Å². The molecule has 2 aliphatic rings. The SMILES string of the molecule is CC1SCCC1NCC1(C)CC1(F)F. The lowest BCUT2D eigenvalue weighted by Crippen LogP contribution is -2.38. The molecule has 0 aromatic carbocycles. The van der Waals surface area contributed by atoms with Crippen LogP contribution in [0.4, 0.5) is 8.78 Å². The fourth-order valence-electron chi connectivity index (χ4n) is 1.99. The van der Waals surface area contributed by atoms with Crippen LogP contribution in [-0.4, -0.2) is 29.5 Å². The first kappa shape index (κ1) is 10.7. The summed E-state index contributed by atoms with van der Waals surface area (Å²) in [5.41, 5.74) is -0.764. The molecular weight excluding hydrogens is 204 g/mol. The smallest absolute Gasteiger partial charge is 0.255 e. The minimum Gasteiger partial charge on any atom is -0.312 e. The molecule has 1 aliphatic carbocycles. The lowest BCUT2D eigenvalue weighted by molar-refractivity contribution is 0.0689. The Balaban J connectivity index is 1.78. The van der Waals surface area contributed by atoms with Gasteiger partial charge in [0, 0.05) is 29.7 Å². The zero-order valence-electron chi connectivity index (χ0n) is 8.65. The number of hydrogen-bond acceptors (Lipinski definition) is 2. The average molecular weight is 221 g/mol. The molecule has 2 rings (SSSR count). The van der Waals surface area contributed by atoms with Crippen LogP contribution in [0.5, 0.6) is 0 Å². The van der Waals surface area contributed by atoms with Gasteiger partial charge in [-0.2, -0.15) is 11.8 Å². The minimum atomic E-state index is -2.42. The maximum atomic E-state index is 12.9. The second-order valence-electron chi connectivity index (χ2n) is 4.79. The first-order chi connectivity index (χ1) is 6.45. The topological polar surface area (TPSA) is 12.0 Å². The van der Waals surface area contributed by atoms with Crippen LogP contribution in [0, 0.1) is 5.41 Å². The molecule has 2 fully saturated rings. The summed E-state index contributed by atoms with van der Waals surface area (Å²) in [7, 11) is 0. The van der Waals surface area contributed by atoms with Gasteiger partial charge in [-0.15, -0.1) is 0 Å². The normalized spacial score (nSPS) is 45.4. The Kier molecular flexibility index (Phi) is 2.55. The van der Waals surface area contributed by atoms with Gasteiger partial charge >= 0.3 is 0 Å². The van der Waals surface area contributed by atoms with Gasteiger partial charge in [-0.05, 0) is 12.2 Å². The summed E-state index contributed by atoms with van der Waals surface area (Å²) in [4.78, 5) is 0. The van der Waals surface area contributed by atoms with Crippen LogP contribution in [0.2, 0.25) is 0 Å². The third kappa shape index (κ3) is 1.78. The Hall–Kier alpha value is 0.170. The lowest BCUT2D eigenvalue weighted by atomic mass is 10.1. The first-order valence-electron chi connectivity index (χ1n) is 5.17. The second-order valence-corrected chi connectivity index (χ2v) is 6.28. The van der Waals surface area contributed by atoms with Crippen LogP contribution in [0.1, 0.15) is 26.7 Å². The van der Waals surface area contributed by atoms with E-state index in [-0.39, 0.29) is 6.42 Å². The van der Waals surface area contributed by atoms with E-state index in [9.17, 15) is 8.78 Å². The molecule has 3 unspecified atom stereocenters. The van der Waals surface area contributed by atoms with E-state index >= 15 is 0 Å². The third-order valence-corrected chi connectivity index (χ3v) is 4.83. The number of rotatable bonds is 3. The molecule has 0 spiro atoms. The van der Waals surface area contributed by atoms with Crippen LogP contribution in [0.3, 0.4) is 0 Å². The van der Waals surface area contributed by atoms with Gasteiger partial charge in [-0.1, -0.05) is 13.8 Å². The summed E-state index contributed by atoms with van der Waals surface area (Å²) in [5, 5.41) is 3.86. The Morgan fingerprint density at radius 2 is 2.14 bits per heavy atom. The van der Waals surface area contributed by atoms with Crippen LogP contribution < -0.4 is 5.32 Å². The van der Waals surface area contributed by atoms with E-state index in [2.05, 4.69) is 12.2 Å². The van der Waals surface area contributed by atoms with Crippen molar-refractivity contribution in [1.82, 2.24) is 5.32 Å². The summed E-state index contributed by atoms with van der Waals surface area (Å²) in [6, 6.07) is 0.438. The number of thioether (sulfide) groups is 1. The van der Waals surface area contributed by atoms with E-state index in [1.165, 1.54) is 0 Å². The molecular formula is C10H17F2NS. The van der Waals surface area contributed by atoms with Gasteiger partial charge in [0.2, 0.25) is 0 Å². The summed E-state index contributed by atoms with van der Waals surface area (Å²) in [6.45, 7) is 4.31. The van der Waals surface area contributed by atoms with E-state index in [4.69, 9.17) is 0 Å². The largest absolute Gasteiger partial charge is 0.312 e. The highest BCUT2D eigenvalue weighted by Gasteiger charge is 2.67. The van der Waals surface area contributed by atoms with E-state index < -0.39 is 11.3 Å². The van der Waals surface area contributed by atoms with Gasteiger partial charge in [-0.25, -0.2) is 8.78 Å². The van der Waals surface area contributed by atoms with Crippen LogP contribution in [0.25, 0.3) is 0 Å². The van der Waals surface area contributed by atoms with Crippen LogP contribution in [0.15, 0.2) is 0 Å². The first-order valence-corrected chi connectivity index (χ1v) is 6.22. The van der Waals surface area contributed by atoms with Gasteiger partial charge in [0.05, 0.1) is 0 Å². The molecule has 1 saturated heterocycles. The number of hydrogen-bond donors (Lipinski definition) is 1. The monoisotopic (exact) mass is 221 g/mol. The van der Waals surface area contributed by atoms with Crippen molar-refractivity contribution in [3.63, 3.8) is 0 Å². The van der Waals surface area contributed by atoms with E-state index in [1.807, 2.05) is 11.8 Å². The highest BCUT2D eigenvalue weighted by atomic mass is 32.2. The molecule has 0 aromatic heterocycles. The fraction of sp³-hybridized carbons (Fsp3) is 1.00. The maximum absolute atomic E-state index is 12.9. The molecule has 82 valence electrons. The highest BCUT2D eigenvalue weighted by Crippen LogP contribution is 2.59. The molecule has 3 atom stereocenters. The van der Waals surface area contributed by atoms with Crippen LogP contribution >= 0.6 is 11.8 Å². The molecule has 4 heteroatoms.